The van der Waals surface area contributed by atoms with Crippen LogP contribution in [0, 0.1) is 19.8 Å². The van der Waals surface area contributed by atoms with Gasteiger partial charge in [-0.2, -0.15) is 13.2 Å². The largest absolute Gasteiger partial charge is 0.484 e. The zero-order valence-electron chi connectivity index (χ0n) is 15.3. The fraction of sp³-hybridized carbons (Fsp3) is 0.611. The second-order valence-electron chi connectivity index (χ2n) is 6.79. The Labute approximate surface area is 158 Å². The van der Waals surface area contributed by atoms with Crippen LogP contribution in [0.5, 0.6) is 5.75 Å². The number of hydrogen-bond acceptors (Lipinski definition) is 3. The maximum absolute atomic E-state index is 12.3. The predicted octanol–water partition coefficient (Wildman–Crippen LogP) is 3.62. The Balaban J connectivity index is 0.00000338. The minimum absolute atomic E-state index is 0. The van der Waals surface area contributed by atoms with Crippen molar-refractivity contribution in [3.63, 3.8) is 0 Å². The number of ether oxygens (including phenoxy) is 1. The molecular weight excluding hydrogens is 369 g/mol. The Kier molecular flexibility index (Phi) is 8.21. The second kappa shape index (κ2) is 9.46. The molecule has 0 heterocycles. The number of halogens is 4. The molecule has 8 heteroatoms. The van der Waals surface area contributed by atoms with Gasteiger partial charge in [-0.1, -0.05) is 12.1 Å². The number of nitrogens with one attached hydrogen (secondary N) is 1. The minimum atomic E-state index is -4.36. The molecule has 1 aliphatic carbocycles. The summed E-state index contributed by atoms with van der Waals surface area (Å²) in [5.41, 5.74) is 2.13. The Bertz CT molecular complexity index is 596. The molecule has 0 saturated heterocycles. The fourth-order valence-electron chi connectivity index (χ4n) is 2.72. The number of rotatable bonds is 8. The number of likely N-dealkylation sites (N-methyl/N-ethyl adjacent to an activating group) is 1. The summed E-state index contributed by atoms with van der Waals surface area (Å²) in [5, 5.41) is 3.16. The lowest BCUT2D eigenvalue weighted by atomic mass is 10.1. The quantitative estimate of drug-likeness (QED) is 0.732. The van der Waals surface area contributed by atoms with Gasteiger partial charge < -0.3 is 15.0 Å². The number of carbonyl (C=O) groups excluding carboxylic acids is 1. The third-order valence-corrected chi connectivity index (χ3v) is 4.15. The highest BCUT2D eigenvalue weighted by Crippen LogP contribution is 2.28. The molecule has 4 nitrogen and oxygen atoms in total. The second-order valence-corrected chi connectivity index (χ2v) is 6.79. The summed E-state index contributed by atoms with van der Waals surface area (Å²) in [7, 11) is 1.72. The van der Waals surface area contributed by atoms with Crippen molar-refractivity contribution in [2.24, 2.45) is 5.92 Å². The van der Waals surface area contributed by atoms with E-state index in [0.29, 0.717) is 30.1 Å². The molecule has 0 spiro atoms. The molecule has 1 amide bonds. The molecule has 0 radical (unpaired) electrons. The van der Waals surface area contributed by atoms with Gasteiger partial charge in [-0.25, -0.2) is 0 Å². The van der Waals surface area contributed by atoms with Gasteiger partial charge >= 0.3 is 6.18 Å². The van der Waals surface area contributed by atoms with E-state index in [1.54, 1.807) is 37.9 Å². The van der Waals surface area contributed by atoms with Gasteiger partial charge in [0.05, 0.1) is 6.54 Å². The van der Waals surface area contributed by atoms with Gasteiger partial charge in [0.25, 0.3) is 0 Å². The maximum atomic E-state index is 12.3. The number of carbonyl (C=O) groups is 1. The van der Waals surface area contributed by atoms with Gasteiger partial charge in [-0.3, -0.25) is 4.79 Å². The smallest absolute Gasteiger partial charge is 0.422 e. The van der Waals surface area contributed by atoms with Gasteiger partial charge in [-0.05, 0) is 55.8 Å². The zero-order valence-corrected chi connectivity index (χ0v) is 16.1. The Morgan fingerprint density at radius 3 is 2.35 bits per heavy atom. The molecule has 1 aromatic carbocycles. The molecule has 0 aliphatic heterocycles. The zero-order chi connectivity index (χ0) is 18.6. The van der Waals surface area contributed by atoms with E-state index in [4.69, 9.17) is 4.74 Å². The molecule has 0 unspecified atom stereocenters. The van der Waals surface area contributed by atoms with Crippen molar-refractivity contribution in [2.75, 3.05) is 26.7 Å². The molecule has 1 fully saturated rings. The molecule has 0 atom stereocenters. The average Bonchev–Trinajstić information content (AvgIpc) is 3.29. The van der Waals surface area contributed by atoms with Crippen LogP contribution in [0.3, 0.4) is 0 Å². The molecule has 1 N–H and O–H groups in total. The van der Waals surface area contributed by atoms with Crippen LogP contribution in [0.4, 0.5) is 13.2 Å². The number of nitrogens with zero attached hydrogens (tertiary/aromatic N) is 1. The summed E-state index contributed by atoms with van der Waals surface area (Å²) in [6.45, 7) is 3.70. The highest BCUT2D eigenvalue weighted by molar-refractivity contribution is 5.85. The molecule has 26 heavy (non-hydrogen) atoms. The van der Waals surface area contributed by atoms with Crippen molar-refractivity contribution in [1.29, 1.82) is 0 Å². The minimum Gasteiger partial charge on any atom is -0.484 e. The third-order valence-electron chi connectivity index (χ3n) is 4.15. The number of aryl methyl sites for hydroxylation is 2. The van der Waals surface area contributed by atoms with Crippen molar-refractivity contribution < 1.29 is 22.7 Å². The van der Waals surface area contributed by atoms with E-state index in [1.165, 1.54) is 12.8 Å². The van der Waals surface area contributed by atoms with E-state index in [9.17, 15) is 18.0 Å². The van der Waals surface area contributed by atoms with Gasteiger partial charge in [0.2, 0.25) is 5.91 Å². The van der Waals surface area contributed by atoms with Crippen molar-refractivity contribution in [2.45, 2.75) is 39.4 Å². The average molecular weight is 395 g/mol. The summed E-state index contributed by atoms with van der Waals surface area (Å²) >= 11 is 0. The van der Waals surface area contributed by atoms with Crippen LogP contribution in [0.1, 0.15) is 29.5 Å². The lowest BCUT2D eigenvalue weighted by Gasteiger charge is -2.20. The summed E-state index contributed by atoms with van der Waals surface area (Å²) in [6, 6.07) is 3.53. The van der Waals surface area contributed by atoms with Crippen molar-refractivity contribution in [3.8, 4) is 5.75 Å². The molecular formula is C18H26ClF3N2O2. The van der Waals surface area contributed by atoms with Crippen LogP contribution >= 0.6 is 12.4 Å². The first kappa shape index (κ1) is 22.6. The molecule has 148 valence electrons. The van der Waals surface area contributed by atoms with Gasteiger partial charge in [0, 0.05) is 13.6 Å². The first-order valence-electron chi connectivity index (χ1n) is 8.40. The molecule has 1 saturated carbocycles. The molecule has 1 aromatic rings. The van der Waals surface area contributed by atoms with Crippen LogP contribution in [-0.2, 0) is 11.3 Å². The predicted molar refractivity (Wildman–Crippen MR) is 96.8 cm³/mol. The summed E-state index contributed by atoms with van der Waals surface area (Å²) in [5.74, 6) is 0.960. The summed E-state index contributed by atoms with van der Waals surface area (Å²) in [6.07, 6.45) is -1.89. The van der Waals surface area contributed by atoms with Crippen LogP contribution in [0.15, 0.2) is 12.1 Å². The topological polar surface area (TPSA) is 41.6 Å². The van der Waals surface area contributed by atoms with E-state index >= 15 is 0 Å². The molecule has 0 aromatic heterocycles. The van der Waals surface area contributed by atoms with E-state index < -0.39 is 12.8 Å². The monoisotopic (exact) mass is 394 g/mol. The summed E-state index contributed by atoms with van der Waals surface area (Å²) in [4.78, 5) is 13.7. The van der Waals surface area contributed by atoms with Crippen molar-refractivity contribution in [1.82, 2.24) is 10.2 Å². The number of hydrogen-bond donors (Lipinski definition) is 1. The first-order valence-corrected chi connectivity index (χ1v) is 8.40. The summed E-state index contributed by atoms with van der Waals surface area (Å²) < 4.78 is 41.9. The van der Waals surface area contributed by atoms with E-state index in [1.807, 2.05) is 0 Å². The van der Waals surface area contributed by atoms with Crippen molar-refractivity contribution in [3.05, 3.63) is 28.8 Å². The van der Waals surface area contributed by atoms with Crippen LogP contribution < -0.4 is 10.1 Å². The fourth-order valence-corrected chi connectivity index (χ4v) is 2.72. The van der Waals surface area contributed by atoms with Crippen LogP contribution in [0.25, 0.3) is 0 Å². The highest BCUT2D eigenvalue weighted by Gasteiger charge is 2.29. The lowest BCUT2D eigenvalue weighted by molar-refractivity contribution is -0.153. The van der Waals surface area contributed by atoms with Crippen LogP contribution in [0.2, 0.25) is 0 Å². The lowest BCUT2D eigenvalue weighted by Crippen LogP contribution is -2.35. The van der Waals surface area contributed by atoms with Gasteiger partial charge in [0.15, 0.2) is 6.61 Å². The first-order chi connectivity index (χ1) is 11.7. The molecule has 2 rings (SSSR count). The number of benzene rings is 1. The Morgan fingerprint density at radius 2 is 1.85 bits per heavy atom. The van der Waals surface area contributed by atoms with E-state index in [-0.39, 0.29) is 24.1 Å². The SMILES string of the molecule is Cc1cc(CN(C)C(=O)CNCC2CC2)cc(C)c1OCC(F)(F)F.Cl. The molecule has 0 bridgehead atoms. The maximum Gasteiger partial charge on any atom is 0.422 e. The van der Waals surface area contributed by atoms with E-state index in [0.717, 1.165) is 12.1 Å². The van der Waals surface area contributed by atoms with Gasteiger partial charge in [-0.15, -0.1) is 12.4 Å². The van der Waals surface area contributed by atoms with E-state index in [2.05, 4.69) is 5.32 Å². The standard InChI is InChI=1S/C18H25F3N2O2.ClH/c1-12-6-15(7-13(2)17(12)25-11-18(19,20)21)10-23(3)16(24)9-22-8-14-4-5-14;/h6-7,14,22H,4-5,8-11H2,1-3H3;1H. The third kappa shape index (κ3) is 7.41. The number of alkyl halides is 3. The van der Waals surface area contributed by atoms with Crippen LogP contribution in [-0.4, -0.2) is 43.7 Å². The Hall–Kier alpha value is -1.47. The highest BCUT2D eigenvalue weighted by atomic mass is 35.5. The Morgan fingerprint density at radius 1 is 1.27 bits per heavy atom. The van der Waals surface area contributed by atoms with Crippen molar-refractivity contribution >= 4 is 18.3 Å². The number of amides is 1. The van der Waals surface area contributed by atoms with Gasteiger partial charge in [0.1, 0.15) is 5.75 Å². The molecule has 1 aliphatic rings. The normalized spacial score (nSPS) is 13.9.